The summed E-state index contributed by atoms with van der Waals surface area (Å²) in [5.41, 5.74) is 3.46. The Morgan fingerprint density at radius 3 is 2.46 bits per heavy atom. The zero-order chi connectivity index (χ0) is 20.1. The minimum Gasteiger partial charge on any atom is -0.493 e. The Balaban J connectivity index is 1.53. The number of nitrogens with one attached hydrogen (secondary N) is 1. The number of ether oxygens (including phenoxy) is 2. The van der Waals surface area contributed by atoms with E-state index in [2.05, 4.69) is 34.1 Å². The Labute approximate surface area is 172 Å². The van der Waals surface area contributed by atoms with E-state index in [1.54, 1.807) is 14.2 Å². The number of piperazine rings is 1. The van der Waals surface area contributed by atoms with Crippen LogP contribution in [0, 0.1) is 6.92 Å². The lowest BCUT2D eigenvalue weighted by molar-refractivity contribution is 0.176. The molecule has 152 valence electrons. The molecule has 0 unspecified atom stereocenters. The molecule has 1 aromatic carbocycles. The molecule has 0 bridgehead atoms. The summed E-state index contributed by atoms with van der Waals surface area (Å²) in [5, 5.41) is 8.50. The number of benzene rings is 1. The van der Waals surface area contributed by atoms with Gasteiger partial charge in [0.1, 0.15) is 0 Å². The van der Waals surface area contributed by atoms with Crippen LogP contribution in [-0.4, -0.2) is 65.1 Å². The molecule has 1 aromatic heterocycles. The van der Waals surface area contributed by atoms with Crippen LogP contribution in [-0.2, 0) is 13.1 Å². The van der Waals surface area contributed by atoms with Crippen LogP contribution in [0.5, 0.6) is 11.5 Å². The van der Waals surface area contributed by atoms with Crippen LogP contribution in [0.15, 0.2) is 24.4 Å². The summed E-state index contributed by atoms with van der Waals surface area (Å²) >= 11 is 5.62. The summed E-state index contributed by atoms with van der Waals surface area (Å²) in [4.78, 5) is 4.67. The molecule has 0 saturated carbocycles. The van der Waals surface area contributed by atoms with E-state index in [1.807, 2.05) is 29.1 Å². The van der Waals surface area contributed by atoms with Gasteiger partial charge in [0.2, 0.25) is 0 Å². The van der Waals surface area contributed by atoms with Gasteiger partial charge in [0.15, 0.2) is 16.6 Å². The molecule has 28 heavy (non-hydrogen) atoms. The van der Waals surface area contributed by atoms with Crippen LogP contribution in [0.1, 0.15) is 18.2 Å². The quantitative estimate of drug-likeness (QED) is 0.744. The van der Waals surface area contributed by atoms with Crippen molar-refractivity contribution < 1.29 is 9.47 Å². The zero-order valence-corrected chi connectivity index (χ0v) is 17.9. The standard InChI is InChI=1S/C20H29N5O2S/c1-5-25-15(2)16(13-21-25)14-23-8-10-24(11-9-23)20(28)22-17-6-7-18(26-3)19(12-17)27-4/h6-7,12-13H,5,8-11,14H2,1-4H3,(H,22,28). The molecule has 0 spiro atoms. The molecule has 7 nitrogen and oxygen atoms in total. The average molecular weight is 404 g/mol. The van der Waals surface area contributed by atoms with Crippen molar-refractivity contribution in [2.45, 2.75) is 26.9 Å². The number of hydrogen-bond acceptors (Lipinski definition) is 5. The molecular weight excluding hydrogens is 374 g/mol. The Morgan fingerprint density at radius 2 is 1.86 bits per heavy atom. The van der Waals surface area contributed by atoms with Crippen LogP contribution in [0.2, 0.25) is 0 Å². The molecule has 1 aliphatic rings. The van der Waals surface area contributed by atoms with Gasteiger partial charge < -0.3 is 19.7 Å². The van der Waals surface area contributed by atoms with E-state index in [9.17, 15) is 0 Å². The Kier molecular flexibility index (Phi) is 6.74. The number of rotatable bonds is 6. The first-order valence-corrected chi connectivity index (χ1v) is 9.98. The maximum absolute atomic E-state index is 5.62. The van der Waals surface area contributed by atoms with Crippen molar-refractivity contribution in [1.29, 1.82) is 0 Å². The molecule has 2 heterocycles. The topological polar surface area (TPSA) is 54.8 Å². The fourth-order valence-corrected chi connectivity index (χ4v) is 3.73. The fraction of sp³-hybridized carbons (Fsp3) is 0.500. The third-order valence-corrected chi connectivity index (χ3v) is 5.55. The molecule has 0 aliphatic carbocycles. The van der Waals surface area contributed by atoms with Crippen LogP contribution in [0.3, 0.4) is 0 Å². The van der Waals surface area contributed by atoms with Crippen molar-refractivity contribution in [3.05, 3.63) is 35.7 Å². The first-order chi connectivity index (χ1) is 13.5. The Bertz CT molecular complexity index is 815. The highest BCUT2D eigenvalue weighted by Gasteiger charge is 2.20. The van der Waals surface area contributed by atoms with E-state index in [4.69, 9.17) is 21.7 Å². The number of hydrogen-bond donors (Lipinski definition) is 1. The maximum atomic E-state index is 5.62. The van der Waals surface area contributed by atoms with Crippen molar-refractivity contribution in [2.24, 2.45) is 0 Å². The molecule has 1 fully saturated rings. The molecule has 0 radical (unpaired) electrons. The van der Waals surface area contributed by atoms with Crippen LogP contribution in [0.25, 0.3) is 0 Å². The van der Waals surface area contributed by atoms with E-state index in [0.717, 1.165) is 50.1 Å². The normalized spacial score (nSPS) is 14.8. The number of aromatic nitrogens is 2. The highest BCUT2D eigenvalue weighted by atomic mass is 32.1. The van der Waals surface area contributed by atoms with Crippen LogP contribution < -0.4 is 14.8 Å². The number of nitrogens with zero attached hydrogens (tertiary/aromatic N) is 4. The van der Waals surface area contributed by atoms with Crippen LogP contribution in [0.4, 0.5) is 5.69 Å². The number of thiocarbonyl (C=S) groups is 1. The van der Waals surface area contributed by atoms with Crippen molar-refractivity contribution in [1.82, 2.24) is 19.6 Å². The molecule has 0 atom stereocenters. The molecule has 3 rings (SSSR count). The van der Waals surface area contributed by atoms with Crippen molar-refractivity contribution in [3.63, 3.8) is 0 Å². The fourth-order valence-electron chi connectivity index (χ4n) is 3.43. The zero-order valence-electron chi connectivity index (χ0n) is 17.1. The third-order valence-electron chi connectivity index (χ3n) is 5.19. The number of anilines is 1. The second-order valence-corrected chi connectivity index (χ2v) is 7.22. The highest BCUT2D eigenvalue weighted by molar-refractivity contribution is 7.80. The van der Waals surface area contributed by atoms with Gasteiger partial charge in [-0.2, -0.15) is 5.10 Å². The maximum Gasteiger partial charge on any atom is 0.173 e. The van der Waals surface area contributed by atoms with E-state index in [-0.39, 0.29) is 0 Å². The summed E-state index contributed by atoms with van der Waals surface area (Å²) in [6.45, 7) is 9.87. The average Bonchev–Trinajstić information content (AvgIpc) is 3.07. The molecule has 2 aromatic rings. The van der Waals surface area contributed by atoms with Gasteiger partial charge in [0, 0.05) is 62.3 Å². The summed E-state index contributed by atoms with van der Waals surface area (Å²) in [6.07, 6.45) is 1.99. The van der Waals surface area contributed by atoms with Crippen molar-refractivity contribution in [2.75, 3.05) is 45.7 Å². The summed E-state index contributed by atoms with van der Waals surface area (Å²) in [6, 6.07) is 5.72. The van der Waals surface area contributed by atoms with Gasteiger partial charge >= 0.3 is 0 Å². The van der Waals surface area contributed by atoms with E-state index < -0.39 is 0 Å². The molecule has 1 saturated heterocycles. The summed E-state index contributed by atoms with van der Waals surface area (Å²) in [5.74, 6) is 1.39. The molecular formula is C20H29N5O2S. The number of methoxy groups -OCH3 is 2. The van der Waals surface area contributed by atoms with Gasteiger partial charge in [-0.05, 0) is 38.2 Å². The second-order valence-electron chi connectivity index (χ2n) is 6.83. The van der Waals surface area contributed by atoms with E-state index in [0.29, 0.717) is 11.5 Å². The second kappa shape index (κ2) is 9.25. The first kappa shape index (κ1) is 20.4. The molecule has 8 heteroatoms. The van der Waals surface area contributed by atoms with Gasteiger partial charge in [-0.25, -0.2) is 0 Å². The Morgan fingerprint density at radius 1 is 1.14 bits per heavy atom. The minimum absolute atomic E-state index is 0.683. The number of aryl methyl sites for hydroxylation is 1. The summed E-state index contributed by atoms with van der Waals surface area (Å²) < 4.78 is 12.7. The lowest BCUT2D eigenvalue weighted by Gasteiger charge is -2.36. The van der Waals surface area contributed by atoms with Crippen molar-refractivity contribution in [3.8, 4) is 11.5 Å². The predicted octanol–water partition coefficient (Wildman–Crippen LogP) is 2.74. The largest absolute Gasteiger partial charge is 0.493 e. The smallest absolute Gasteiger partial charge is 0.173 e. The minimum atomic E-state index is 0.683. The van der Waals surface area contributed by atoms with Gasteiger partial charge in [0.05, 0.1) is 20.4 Å². The molecule has 1 N–H and O–H groups in total. The summed E-state index contributed by atoms with van der Waals surface area (Å²) in [7, 11) is 3.26. The lowest BCUT2D eigenvalue weighted by atomic mass is 10.2. The molecule has 0 amide bonds. The Hall–Kier alpha value is -2.32. The highest BCUT2D eigenvalue weighted by Crippen LogP contribution is 2.29. The van der Waals surface area contributed by atoms with Gasteiger partial charge in [0.25, 0.3) is 0 Å². The van der Waals surface area contributed by atoms with Gasteiger partial charge in [-0.15, -0.1) is 0 Å². The van der Waals surface area contributed by atoms with Crippen LogP contribution >= 0.6 is 12.2 Å². The van der Waals surface area contributed by atoms with Crippen molar-refractivity contribution >= 4 is 23.0 Å². The third kappa shape index (κ3) is 4.56. The van der Waals surface area contributed by atoms with Gasteiger partial charge in [-0.3, -0.25) is 9.58 Å². The SMILES string of the molecule is CCn1ncc(CN2CCN(C(=S)Nc3ccc(OC)c(OC)c3)CC2)c1C. The first-order valence-electron chi connectivity index (χ1n) is 9.57. The predicted molar refractivity (Wildman–Crippen MR) is 115 cm³/mol. The lowest BCUT2D eigenvalue weighted by Crippen LogP contribution is -2.49. The van der Waals surface area contributed by atoms with E-state index in [1.165, 1.54) is 11.3 Å². The van der Waals surface area contributed by atoms with Gasteiger partial charge in [-0.1, -0.05) is 0 Å². The monoisotopic (exact) mass is 403 g/mol. The molecule has 1 aliphatic heterocycles. The van der Waals surface area contributed by atoms with E-state index >= 15 is 0 Å².